The van der Waals surface area contributed by atoms with Crippen LogP contribution in [0.3, 0.4) is 0 Å². The van der Waals surface area contributed by atoms with Crippen molar-refractivity contribution in [2.24, 2.45) is 0 Å². The first-order valence-corrected chi connectivity index (χ1v) is 6.89. The maximum Gasteiger partial charge on any atom is 0.311 e. The molecule has 0 aromatic heterocycles. The van der Waals surface area contributed by atoms with Crippen LogP contribution in [0.4, 0.5) is 11.4 Å². The van der Waals surface area contributed by atoms with Crippen LogP contribution in [0.2, 0.25) is 0 Å². The molecule has 0 radical (unpaired) electrons. The number of methoxy groups -OCH3 is 1. The van der Waals surface area contributed by atoms with Gasteiger partial charge >= 0.3 is 5.69 Å². The third-order valence-electron chi connectivity index (χ3n) is 2.75. The lowest BCUT2D eigenvalue weighted by Gasteiger charge is -2.06. The predicted molar refractivity (Wildman–Crippen MR) is 80.1 cm³/mol. The Labute approximate surface area is 120 Å². The second-order valence-electron chi connectivity index (χ2n) is 4.09. The fourth-order valence-corrected chi connectivity index (χ4v) is 2.65. The van der Waals surface area contributed by atoms with Gasteiger partial charge in [-0.3, -0.25) is 10.1 Å². The van der Waals surface area contributed by atoms with E-state index in [0.717, 1.165) is 10.5 Å². The first kappa shape index (κ1) is 14.2. The Hall–Kier alpha value is -2.21. The summed E-state index contributed by atoms with van der Waals surface area (Å²) >= 11 is 1.55. The number of hydrogen-bond donors (Lipinski definition) is 1. The van der Waals surface area contributed by atoms with Gasteiger partial charge < -0.3 is 10.5 Å². The number of benzene rings is 2. The molecule has 0 aliphatic rings. The molecule has 0 saturated heterocycles. The SMILES string of the molecule is COc1ccc(CSc2ccccc2N)cc1[N+](=O)[O-]. The first-order valence-electron chi connectivity index (χ1n) is 5.90. The van der Waals surface area contributed by atoms with Gasteiger partial charge in [0.1, 0.15) is 0 Å². The summed E-state index contributed by atoms with van der Waals surface area (Å²) in [4.78, 5) is 11.5. The molecule has 0 amide bonds. The van der Waals surface area contributed by atoms with Crippen LogP contribution in [0, 0.1) is 10.1 Å². The Kier molecular flexibility index (Phi) is 4.47. The van der Waals surface area contributed by atoms with E-state index in [0.29, 0.717) is 11.4 Å². The van der Waals surface area contributed by atoms with Gasteiger partial charge in [-0.25, -0.2) is 0 Å². The smallest absolute Gasteiger partial charge is 0.311 e. The fraction of sp³-hybridized carbons (Fsp3) is 0.143. The standard InChI is InChI=1S/C14H14N2O3S/c1-19-13-7-6-10(8-12(13)16(17)18)9-20-14-5-3-2-4-11(14)15/h2-8H,9,15H2,1H3. The van der Waals surface area contributed by atoms with Crippen molar-refractivity contribution in [1.82, 2.24) is 0 Å². The summed E-state index contributed by atoms with van der Waals surface area (Å²) in [6.07, 6.45) is 0. The second kappa shape index (κ2) is 6.29. The zero-order chi connectivity index (χ0) is 14.5. The van der Waals surface area contributed by atoms with Crippen LogP contribution < -0.4 is 10.5 Å². The molecule has 0 aliphatic heterocycles. The number of rotatable bonds is 5. The van der Waals surface area contributed by atoms with Crippen molar-refractivity contribution in [1.29, 1.82) is 0 Å². The van der Waals surface area contributed by atoms with Crippen molar-refractivity contribution >= 4 is 23.1 Å². The number of nitro groups is 1. The molecule has 2 rings (SSSR count). The molecular formula is C14H14N2O3S. The van der Waals surface area contributed by atoms with Crippen molar-refractivity contribution in [3.05, 3.63) is 58.1 Å². The van der Waals surface area contributed by atoms with Crippen molar-refractivity contribution in [2.75, 3.05) is 12.8 Å². The lowest BCUT2D eigenvalue weighted by molar-refractivity contribution is -0.385. The minimum absolute atomic E-state index is 0.0216. The highest BCUT2D eigenvalue weighted by Crippen LogP contribution is 2.32. The van der Waals surface area contributed by atoms with E-state index in [4.69, 9.17) is 10.5 Å². The Balaban J connectivity index is 2.16. The zero-order valence-electron chi connectivity index (χ0n) is 10.9. The Morgan fingerprint density at radius 2 is 2.05 bits per heavy atom. The van der Waals surface area contributed by atoms with E-state index in [1.54, 1.807) is 17.8 Å². The Morgan fingerprint density at radius 1 is 1.30 bits per heavy atom. The average Bonchev–Trinajstić information content (AvgIpc) is 2.46. The number of nitrogen functional groups attached to an aromatic ring is 1. The van der Waals surface area contributed by atoms with Gasteiger partial charge in [0.25, 0.3) is 0 Å². The van der Waals surface area contributed by atoms with Crippen LogP contribution in [0.1, 0.15) is 5.56 Å². The lowest BCUT2D eigenvalue weighted by atomic mass is 10.2. The molecule has 0 saturated carbocycles. The molecule has 20 heavy (non-hydrogen) atoms. The van der Waals surface area contributed by atoms with Crippen molar-refractivity contribution < 1.29 is 9.66 Å². The van der Waals surface area contributed by atoms with E-state index < -0.39 is 4.92 Å². The molecule has 2 aromatic rings. The van der Waals surface area contributed by atoms with Gasteiger partial charge in [0, 0.05) is 22.4 Å². The van der Waals surface area contributed by atoms with Gasteiger partial charge in [-0.15, -0.1) is 11.8 Å². The van der Waals surface area contributed by atoms with Crippen molar-refractivity contribution in [3.63, 3.8) is 0 Å². The molecule has 0 aliphatic carbocycles. The van der Waals surface area contributed by atoms with Gasteiger partial charge in [0.2, 0.25) is 0 Å². The molecule has 0 spiro atoms. The van der Waals surface area contributed by atoms with Gasteiger partial charge in [0.05, 0.1) is 12.0 Å². The molecule has 104 valence electrons. The quantitative estimate of drug-likeness (QED) is 0.395. The van der Waals surface area contributed by atoms with Gasteiger partial charge in [-0.2, -0.15) is 0 Å². The number of nitro benzene ring substituents is 1. The fourth-order valence-electron chi connectivity index (χ4n) is 1.74. The topological polar surface area (TPSA) is 78.4 Å². The van der Waals surface area contributed by atoms with E-state index in [1.165, 1.54) is 13.2 Å². The molecular weight excluding hydrogens is 276 g/mol. The van der Waals surface area contributed by atoms with Gasteiger partial charge in [0.15, 0.2) is 5.75 Å². The molecule has 2 N–H and O–H groups in total. The highest BCUT2D eigenvalue weighted by Gasteiger charge is 2.15. The monoisotopic (exact) mass is 290 g/mol. The highest BCUT2D eigenvalue weighted by atomic mass is 32.2. The predicted octanol–water partition coefficient (Wildman–Crippen LogP) is 3.48. The second-order valence-corrected chi connectivity index (χ2v) is 5.11. The summed E-state index contributed by atoms with van der Waals surface area (Å²) in [5.74, 6) is 0.877. The number of para-hydroxylation sites is 1. The minimum Gasteiger partial charge on any atom is -0.490 e. The van der Waals surface area contributed by atoms with Crippen molar-refractivity contribution in [2.45, 2.75) is 10.6 Å². The number of thioether (sulfide) groups is 1. The third-order valence-corrected chi connectivity index (χ3v) is 3.91. The maximum absolute atomic E-state index is 11.0. The van der Waals surface area contributed by atoms with Crippen LogP contribution in [0.25, 0.3) is 0 Å². The molecule has 5 nitrogen and oxygen atoms in total. The summed E-state index contributed by atoms with van der Waals surface area (Å²) < 4.78 is 4.98. The van der Waals surface area contributed by atoms with E-state index in [-0.39, 0.29) is 11.4 Å². The normalized spacial score (nSPS) is 10.2. The van der Waals surface area contributed by atoms with Crippen molar-refractivity contribution in [3.8, 4) is 5.75 Å². The molecule has 0 atom stereocenters. The number of hydrogen-bond acceptors (Lipinski definition) is 5. The molecule has 0 bridgehead atoms. The van der Waals surface area contributed by atoms with E-state index in [2.05, 4.69) is 0 Å². The number of ether oxygens (including phenoxy) is 1. The van der Waals surface area contributed by atoms with Crippen LogP contribution in [0.15, 0.2) is 47.4 Å². The molecule has 0 fully saturated rings. The zero-order valence-corrected chi connectivity index (χ0v) is 11.7. The lowest BCUT2D eigenvalue weighted by Crippen LogP contribution is -1.95. The number of nitrogens with zero attached hydrogens (tertiary/aromatic N) is 1. The summed E-state index contributed by atoms with van der Waals surface area (Å²) in [5.41, 5.74) is 7.40. The van der Waals surface area contributed by atoms with Crippen LogP contribution in [0.5, 0.6) is 5.75 Å². The molecule has 6 heteroatoms. The van der Waals surface area contributed by atoms with Crippen LogP contribution in [-0.2, 0) is 5.75 Å². The van der Waals surface area contributed by atoms with Gasteiger partial charge in [-0.1, -0.05) is 18.2 Å². The van der Waals surface area contributed by atoms with Crippen LogP contribution in [-0.4, -0.2) is 12.0 Å². The van der Waals surface area contributed by atoms with Crippen LogP contribution >= 0.6 is 11.8 Å². The largest absolute Gasteiger partial charge is 0.490 e. The summed E-state index contributed by atoms with van der Waals surface area (Å²) in [6, 6.07) is 12.5. The van der Waals surface area contributed by atoms with E-state index in [9.17, 15) is 10.1 Å². The maximum atomic E-state index is 11.0. The van der Waals surface area contributed by atoms with E-state index >= 15 is 0 Å². The third kappa shape index (κ3) is 3.21. The Morgan fingerprint density at radius 3 is 2.70 bits per heavy atom. The molecule has 2 aromatic carbocycles. The van der Waals surface area contributed by atoms with E-state index in [1.807, 2.05) is 30.3 Å². The molecule has 0 unspecified atom stereocenters. The number of anilines is 1. The summed E-state index contributed by atoms with van der Waals surface area (Å²) in [5, 5.41) is 11.0. The summed E-state index contributed by atoms with van der Waals surface area (Å²) in [7, 11) is 1.42. The minimum atomic E-state index is -0.441. The Bertz CT molecular complexity index is 632. The van der Waals surface area contributed by atoms with Gasteiger partial charge in [-0.05, 0) is 23.8 Å². The first-order chi connectivity index (χ1) is 9.61. The average molecular weight is 290 g/mol. The number of nitrogens with two attached hydrogens (primary N) is 1. The summed E-state index contributed by atoms with van der Waals surface area (Å²) in [6.45, 7) is 0. The highest BCUT2D eigenvalue weighted by molar-refractivity contribution is 7.98. The molecule has 0 heterocycles.